The van der Waals surface area contributed by atoms with Crippen LogP contribution in [0.3, 0.4) is 0 Å². The Kier molecular flexibility index (Phi) is 13.9. The average Bonchev–Trinajstić information content (AvgIpc) is 2.86. The summed E-state index contributed by atoms with van der Waals surface area (Å²) >= 11 is 0. The molecule has 0 heterocycles. The van der Waals surface area contributed by atoms with E-state index < -0.39 is 36.4 Å². The fraction of sp³-hybridized carbons (Fsp3) is 0.464. The Morgan fingerprint density at radius 2 is 1.47 bits per heavy atom. The van der Waals surface area contributed by atoms with Crippen LogP contribution in [-0.4, -0.2) is 82.2 Å². The van der Waals surface area contributed by atoms with Crippen molar-refractivity contribution >= 4 is 17.9 Å². The van der Waals surface area contributed by atoms with Crippen LogP contribution in [0.15, 0.2) is 48.5 Å². The van der Waals surface area contributed by atoms with Gasteiger partial charge in [0.15, 0.2) is 5.60 Å². The van der Waals surface area contributed by atoms with E-state index in [1.54, 1.807) is 7.11 Å². The number of rotatable bonds is 15. The molecule has 0 aliphatic carbocycles. The normalized spacial score (nSPS) is 11.7. The van der Waals surface area contributed by atoms with Crippen LogP contribution < -0.4 is 9.47 Å². The minimum atomic E-state index is -2.74. The Morgan fingerprint density at radius 1 is 0.921 bits per heavy atom. The zero-order chi connectivity index (χ0) is 28.7. The van der Waals surface area contributed by atoms with Crippen molar-refractivity contribution < 1.29 is 44.3 Å². The summed E-state index contributed by atoms with van der Waals surface area (Å²) in [5, 5.41) is 33.8. The van der Waals surface area contributed by atoms with E-state index in [1.165, 1.54) is 11.1 Å². The van der Waals surface area contributed by atoms with Gasteiger partial charge in [0.25, 0.3) is 0 Å². The summed E-state index contributed by atoms with van der Waals surface area (Å²) in [6.07, 6.45) is -1.30. The lowest BCUT2D eigenvalue weighted by molar-refractivity contribution is -0.170. The second-order valence-corrected chi connectivity index (χ2v) is 8.84. The van der Waals surface area contributed by atoms with Crippen molar-refractivity contribution in [2.75, 3.05) is 33.4 Å². The lowest BCUT2D eigenvalue weighted by Gasteiger charge is -2.20. The lowest BCUT2D eigenvalue weighted by atomic mass is 9.93. The lowest BCUT2D eigenvalue weighted by Crippen LogP contribution is -2.42. The quantitative estimate of drug-likeness (QED) is 0.267. The first-order chi connectivity index (χ1) is 17.9. The summed E-state index contributed by atoms with van der Waals surface area (Å²) in [7, 11) is 1.70. The number of carbonyl (C=O) groups is 3. The van der Waals surface area contributed by atoms with Gasteiger partial charge >= 0.3 is 17.9 Å². The first-order valence-corrected chi connectivity index (χ1v) is 12.4. The molecule has 10 heteroatoms. The highest BCUT2D eigenvalue weighted by molar-refractivity contribution is 5.88. The molecule has 0 amide bonds. The Bertz CT molecular complexity index is 1000. The maximum atomic E-state index is 10.3. The fourth-order valence-corrected chi connectivity index (χ4v) is 3.78. The van der Waals surface area contributed by atoms with Crippen LogP contribution in [-0.2, 0) is 20.8 Å². The Labute approximate surface area is 223 Å². The minimum absolute atomic E-state index is 0.401. The number of aliphatic hydroxyl groups is 1. The van der Waals surface area contributed by atoms with Gasteiger partial charge in [0.05, 0.1) is 20.0 Å². The molecule has 0 saturated carbocycles. The molecule has 2 aromatic carbocycles. The summed E-state index contributed by atoms with van der Waals surface area (Å²) in [6.45, 7) is 10.5. The molecule has 0 aromatic heterocycles. The van der Waals surface area contributed by atoms with Crippen LogP contribution in [0.1, 0.15) is 50.7 Å². The molecule has 4 N–H and O–H groups in total. The third-order valence-corrected chi connectivity index (χ3v) is 6.00. The van der Waals surface area contributed by atoms with E-state index in [-0.39, 0.29) is 0 Å². The predicted molar refractivity (Wildman–Crippen MR) is 142 cm³/mol. The summed E-state index contributed by atoms with van der Waals surface area (Å²) in [5.74, 6) is -2.71. The third kappa shape index (κ3) is 11.2. The van der Waals surface area contributed by atoms with E-state index in [1.807, 2.05) is 12.1 Å². The summed E-state index contributed by atoms with van der Waals surface area (Å²) in [4.78, 5) is 32.9. The molecule has 0 radical (unpaired) electrons. The van der Waals surface area contributed by atoms with E-state index in [0.717, 1.165) is 44.2 Å². The number of likely N-dealkylation sites (N-methyl/N-ethyl adjacent to an activating group) is 1. The number of methoxy groups -OCH3 is 1. The molecule has 0 fully saturated rings. The number of carboxylic acid groups (broad SMARTS) is 3. The van der Waals surface area contributed by atoms with Gasteiger partial charge in [-0.15, -0.1) is 0 Å². The van der Waals surface area contributed by atoms with Gasteiger partial charge in [-0.1, -0.05) is 51.1 Å². The zero-order valence-electron chi connectivity index (χ0n) is 22.4. The number of para-hydroxylation sites is 1. The summed E-state index contributed by atoms with van der Waals surface area (Å²) in [5.41, 5.74) is -0.151. The van der Waals surface area contributed by atoms with Crippen molar-refractivity contribution in [3.63, 3.8) is 0 Å². The van der Waals surface area contributed by atoms with Crippen molar-refractivity contribution in [1.29, 1.82) is 0 Å². The Hall–Kier alpha value is -3.63. The van der Waals surface area contributed by atoms with Gasteiger partial charge in [-0.3, -0.25) is 9.59 Å². The van der Waals surface area contributed by atoms with Crippen LogP contribution in [0.5, 0.6) is 11.5 Å². The second-order valence-electron chi connectivity index (χ2n) is 8.84. The molecule has 1 atom stereocenters. The van der Waals surface area contributed by atoms with Crippen LogP contribution in [0.2, 0.25) is 0 Å². The van der Waals surface area contributed by atoms with E-state index in [4.69, 9.17) is 29.9 Å². The topological polar surface area (TPSA) is 154 Å². The SMILES string of the molecule is CCN(CC)CCOc1ccccc1C(C)Cc1ccc(OC)cc1.O=C(O)CC(O)(CC(=O)O)C(=O)O. The van der Waals surface area contributed by atoms with E-state index >= 15 is 0 Å². The Morgan fingerprint density at radius 3 is 1.95 bits per heavy atom. The monoisotopic (exact) mass is 533 g/mol. The van der Waals surface area contributed by atoms with Crippen molar-refractivity contribution in [2.24, 2.45) is 0 Å². The number of aliphatic carboxylic acids is 3. The fourth-order valence-electron chi connectivity index (χ4n) is 3.78. The van der Waals surface area contributed by atoms with Crippen LogP contribution >= 0.6 is 0 Å². The standard InChI is InChI=1S/C22H31NO2.C6H8O7/c1-5-23(6-2)15-16-25-22-10-8-7-9-21(22)18(3)17-19-11-13-20(24-4)14-12-19;7-3(8)1-6(13,5(11)12)2-4(9)10/h7-14,18H,5-6,15-17H2,1-4H3;13H,1-2H2,(H,7,8)(H,9,10)(H,11,12). The number of nitrogens with zero attached hydrogens (tertiary/aromatic N) is 1. The average molecular weight is 534 g/mol. The molecule has 2 aromatic rings. The second kappa shape index (κ2) is 16.3. The molecular formula is C28H39NO9. The molecule has 38 heavy (non-hydrogen) atoms. The number of hydrogen-bond donors (Lipinski definition) is 4. The largest absolute Gasteiger partial charge is 0.497 e. The van der Waals surface area contributed by atoms with E-state index in [9.17, 15) is 14.4 Å². The van der Waals surface area contributed by atoms with Gasteiger partial charge in [-0.25, -0.2) is 4.79 Å². The third-order valence-electron chi connectivity index (χ3n) is 6.00. The van der Waals surface area contributed by atoms with Crippen molar-refractivity contribution in [1.82, 2.24) is 4.90 Å². The van der Waals surface area contributed by atoms with E-state index in [2.05, 4.69) is 62.1 Å². The van der Waals surface area contributed by atoms with Crippen molar-refractivity contribution in [2.45, 2.75) is 51.6 Å². The summed E-state index contributed by atoms with van der Waals surface area (Å²) < 4.78 is 11.3. The van der Waals surface area contributed by atoms with Gasteiger partial charge in [0.1, 0.15) is 18.1 Å². The van der Waals surface area contributed by atoms with Crippen LogP contribution in [0, 0.1) is 0 Å². The molecule has 0 saturated heterocycles. The number of ether oxygens (including phenoxy) is 2. The van der Waals surface area contributed by atoms with Crippen molar-refractivity contribution in [3.8, 4) is 11.5 Å². The molecule has 1 unspecified atom stereocenters. The van der Waals surface area contributed by atoms with Crippen LogP contribution in [0.4, 0.5) is 0 Å². The van der Waals surface area contributed by atoms with Gasteiger partial charge in [-0.05, 0) is 54.8 Å². The number of carboxylic acids is 3. The van der Waals surface area contributed by atoms with Crippen LogP contribution in [0.25, 0.3) is 0 Å². The highest BCUT2D eigenvalue weighted by Gasteiger charge is 2.40. The molecule has 0 spiro atoms. The number of benzene rings is 2. The predicted octanol–water partition coefficient (Wildman–Crippen LogP) is 3.51. The molecule has 2 rings (SSSR count). The van der Waals surface area contributed by atoms with Crippen molar-refractivity contribution in [3.05, 3.63) is 59.7 Å². The highest BCUT2D eigenvalue weighted by atomic mass is 16.5. The first kappa shape index (κ1) is 32.4. The molecule has 10 nitrogen and oxygen atoms in total. The number of hydrogen-bond acceptors (Lipinski definition) is 7. The molecular weight excluding hydrogens is 494 g/mol. The van der Waals surface area contributed by atoms with Gasteiger partial charge in [0.2, 0.25) is 0 Å². The van der Waals surface area contributed by atoms with Gasteiger partial charge < -0.3 is 34.8 Å². The molecule has 210 valence electrons. The summed E-state index contributed by atoms with van der Waals surface area (Å²) in [6, 6.07) is 16.7. The minimum Gasteiger partial charge on any atom is -0.497 e. The van der Waals surface area contributed by atoms with Gasteiger partial charge in [-0.2, -0.15) is 0 Å². The van der Waals surface area contributed by atoms with Gasteiger partial charge in [0, 0.05) is 6.54 Å². The molecule has 0 aliphatic heterocycles. The molecule has 0 aliphatic rings. The highest BCUT2D eigenvalue weighted by Crippen LogP contribution is 2.29. The van der Waals surface area contributed by atoms with E-state index in [0.29, 0.717) is 5.92 Å². The maximum absolute atomic E-state index is 10.3. The first-order valence-electron chi connectivity index (χ1n) is 12.4. The zero-order valence-corrected chi connectivity index (χ0v) is 22.4. The Balaban J connectivity index is 0.000000471. The molecule has 0 bridgehead atoms. The smallest absolute Gasteiger partial charge is 0.336 e. The maximum Gasteiger partial charge on any atom is 0.336 e.